The predicted molar refractivity (Wildman–Crippen MR) is 51.0 cm³/mol. The molecule has 4 nitrogen and oxygen atoms in total. The van der Waals surface area contributed by atoms with E-state index in [9.17, 15) is 4.79 Å². The van der Waals surface area contributed by atoms with Gasteiger partial charge in [0.2, 0.25) is 0 Å². The number of nitrogens with two attached hydrogens (primary N) is 1. The van der Waals surface area contributed by atoms with Crippen molar-refractivity contribution in [3.63, 3.8) is 0 Å². The summed E-state index contributed by atoms with van der Waals surface area (Å²) in [7, 11) is 0. The van der Waals surface area contributed by atoms with E-state index in [0.29, 0.717) is 15.9 Å². The van der Waals surface area contributed by atoms with Crippen molar-refractivity contribution in [1.29, 1.82) is 0 Å². The number of rotatable bonds is 1. The molecular weight excluding hydrogens is 188 g/mol. The fraction of sp³-hybridized carbons (Fsp3) is 0. The molecule has 13 heavy (non-hydrogen) atoms. The minimum atomic E-state index is -0.971. The van der Waals surface area contributed by atoms with Crippen LogP contribution in [0, 0.1) is 0 Å². The van der Waals surface area contributed by atoms with Crippen LogP contribution in [0.15, 0.2) is 17.6 Å². The van der Waals surface area contributed by atoms with E-state index in [2.05, 4.69) is 4.98 Å². The van der Waals surface area contributed by atoms with Crippen molar-refractivity contribution in [2.75, 3.05) is 5.73 Å². The van der Waals surface area contributed by atoms with Gasteiger partial charge in [-0.15, -0.1) is 11.3 Å². The molecule has 66 valence electrons. The Balaban J connectivity index is 2.84. The maximum Gasteiger partial charge on any atom is 0.337 e. The number of hydrogen-bond acceptors (Lipinski definition) is 4. The summed E-state index contributed by atoms with van der Waals surface area (Å²) in [6.07, 6.45) is 0. The van der Waals surface area contributed by atoms with Gasteiger partial charge in [0, 0.05) is 5.69 Å². The molecule has 0 atom stereocenters. The lowest BCUT2D eigenvalue weighted by Gasteiger charge is -1.97. The minimum Gasteiger partial charge on any atom is -0.478 e. The summed E-state index contributed by atoms with van der Waals surface area (Å²) in [5.74, 6) is -0.971. The predicted octanol–water partition coefficient (Wildman–Crippen LogP) is 1.58. The zero-order chi connectivity index (χ0) is 9.42. The van der Waals surface area contributed by atoms with E-state index in [1.54, 1.807) is 11.6 Å². The molecule has 0 spiro atoms. The van der Waals surface area contributed by atoms with Crippen LogP contribution in [0.25, 0.3) is 10.2 Å². The van der Waals surface area contributed by atoms with E-state index in [1.165, 1.54) is 17.4 Å². The van der Waals surface area contributed by atoms with Gasteiger partial charge >= 0.3 is 5.97 Å². The first-order valence-electron chi connectivity index (χ1n) is 3.54. The molecule has 3 N–H and O–H groups in total. The first kappa shape index (κ1) is 8.00. The molecule has 0 fully saturated rings. The Labute approximate surface area is 77.6 Å². The third-order valence-electron chi connectivity index (χ3n) is 1.68. The van der Waals surface area contributed by atoms with Crippen molar-refractivity contribution >= 4 is 33.2 Å². The van der Waals surface area contributed by atoms with Crippen LogP contribution in [0.4, 0.5) is 5.69 Å². The highest BCUT2D eigenvalue weighted by molar-refractivity contribution is 7.17. The van der Waals surface area contributed by atoms with Crippen molar-refractivity contribution < 1.29 is 9.90 Å². The Morgan fingerprint density at radius 1 is 1.54 bits per heavy atom. The number of benzene rings is 1. The van der Waals surface area contributed by atoms with Gasteiger partial charge in [0.1, 0.15) is 0 Å². The highest BCUT2D eigenvalue weighted by Crippen LogP contribution is 2.25. The van der Waals surface area contributed by atoms with Gasteiger partial charge in [-0.25, -0.2) is 9.78 Å². The van der Waals surface area contributed by atoms with Crippen LogP contribution in [0.1, 0.15) is 10.4 Å². The Bertz CT molecular complexity index is 478. The Kier molecular flexibility index (Phi) is 1.66. The number of hydrogen-bond donors (Lipinski definition) is 2. The Morgan fingerprint density at radius 3 is 3.00 bits per heavy atom. The van der Waals surface area contributed by atoms with Crippen LogP contribution < -0.4 is 5.73 Å². The van der Waals surface area contributed by atoms with Gasteiger partial charge in [0.15, 0.2) is 0 Å². The number of aromatic nitrogens is 1. The molecule has 0 aliphatic carbocycles. The monoisotopic (exact) mass is 194 g/mol. The molecule has 0 unspecified atom stereocenters. The second-order valence-electron chi connectivity index (χ2n) is 2.57. The third kappa shape index (κ3) is 1.23. The summed E-state index contributed by atoms with van der Waals surface area (Å²) in [6.45, 7) is 0. The summed E-state index contributed by atoms with van der Waals surface area (Å²) in [4.78, 5) is 14.8. The molecule has 2 aromatic rings. The molecule has 0 bridgehead atoms. The van der Waals surface area contributed by atoms with Gasteiger partial charge in [0.05, 0.1) is 21.3 Å². The molecule has 1 aromatic carbocycles. The molecule has 0 aliphatic rings. The number of carboxylic acids is 1. The number of anilines is 1. The highest BCUT2D eigenvalue weighted by atomic mass is 32.1. The van der Waals surface area contributed by atoms with Crippen LogP contribution in [-0.2, 0) is 0 Å². The number of carboxylic acid groups (broad SMARTS) is 1. The van der Waals surface area contributed by atoms with Crippen molar-refractivity contribution in [2.24, 2.45) is 0 Å². The largest absolute Gasteiger partial charge is 0.478 e. The summed E-state index contributed by atoms with van der Waals surface area (Å²) < 4.78 is 0.668. The molecule has 0 aliphatic heterocycles. The van der Waals surface area contributed by atoms with Crippen LogP contribution >= 0.6 is 11.3 Å². The van der Waals surface area contributed by atoms with Crippen LogP contribution in [0.5, 0.6) is 0 Å². The molecule has 1 aromatic heterocycles. The van der Waals surface area contributed by atoms with E-state index in [4.69, 9.17) is 10.8 Å². The first-order chi connectivity index (χ1) is 6.18. The molecule has 5 heteroatoms. The van der Waals surface area contributed by atoms with Crippen molar-refractivity contribution in [3.8, 4) is 0 Å². The molecule has 0 amide bonds. The highest BCUT2D eigenvalue weighted by Gasteiger charge is 2.11. The number of nitrogens with zero attached hydrogens (tertiary/aromatic N) is 1. The van der Waals surface area contributed by atoms with Crippen LogP contribution in [0.3, 0.4) is 0 Å². The van der Waals surface area contributed by atoms with Gasteiger partial charge in [-0.05, 0) is 12.1 Å². The summed E-state index contributed by atoms with van der Waals surface area (Å²) in [5.41, 5.74) is 8.42. The maximum absolute atomic E-state index is 10.8. The van der Waals surface area contributed by atoms with Gasteiger partial charge in [-0.1, -0.05) is 0 Å². The molecule has 2 rings (SSSR count). The second-order valence-corrected chi connectivity index (χ2v) is 3.43. The number of nitrogen functional groups attached to an aromatic ring is 1. The molecule has 0 radical (unpaired) electrons. The van der Waals surface area contributed by atoms with Crippen molar-refractivity contribution in [2.45, 2.75) is 0 Å². The average molecular weight is 194 g/mol. The topological polar surface area (TPSA) is 76.2 Å². The zero-order valence-corrected chi connectivity index (χ0v) is 7.34. The van der Waals surface area contributed by atoms with E-state index < -0.39 is 5.97 Å². The van der Waals surface area contributed by atoms with E-state index in [0.717, 1.165) is 0 Å². The second kappa shape index (κ2) is 2.70. The van der Waals surface area contributed by atoms with Crippen LogP contribution in [0.2, 0.25) is 0 Å². The average Bonchev–Trinajstić information content (AvgIpc) is 2.49. The van der Waals surface area contributed by atoms with Crippen molar-refractivity contribution in [3.05, 3.63) is 23.2 Å². The molecular formula is C8H6N2O2S. The van der Waals surface area contributed by atoms with Gasteiger partial charge in [-0.2, -0.15) is 0 Å². The Morgan fingerprint density at radius 2 is 2.31 bits per heavy atom. The summed E-state index contributed by atoms with van der Waals surface area (Å²) >= 11 is 1.30. The summed E-state index contributed by atoms with van der Waals surface area (Å²) in [6, 6.07) is 3.11. The Hall–Kier alpha value is -1.62. The zero-order valence-electron chi connectivity index (χ0n) is 6.52. The van der Waals surface area contributed by atoms with Gasteiger partial charge in [-0.3, -0.25) is 0 Å². The summed E-state index contributed by atoms with van der Waals surface area (Å²) in [5, 5.41) is 8.85. The minimum absolute atomic E-state index is 0.220. The quantitative estimate of drug-likeness (QED) is 0.675. The first-order valence-corrected chi connectivity index (χ1v) is 4.42. The lowest BCUT2D eigenvalue weighted by molar-refractivity contribution is 0.0699. The normalized spacial score (nSPS) is 10.5. The molecule has 1 heterocycles. The van der Waals surface area contributed by atoms with E-state index in [-0.39, 0.29) is 5.56 Å². The van der Waals surface area contributed by atoms with Gasteiger partial charge in [0.25, 0.3) is 0 Å². The maximum atomic E-state index is 10.8. The fourth-order valence-corrected chi connectivity index (χ4v) is 1.93. The van der Waals surface area contributed by atoms with Gasteiger partial charge < -0.3 is 10.8 Å². The fourth-order valence-electron chi connectivity index (χ4n) is 1.15. The third-order valence-corrected chi connectivity index (χ3v) is 2.56. The molecule has 0 saturated carbocycles. The number of carbonyl (C=O) groups is 1. The SMILES string of the molecule is Nc1cc(C(=O)O)c2scnc2c1. The smallest absolute Gasteiger partial charge is 0.337 e. The van der Waals surface area contributed by atoms with Crippen molar-refractivity contribution in [1.82, 2.24) is 4.98 Å². The number of fused-ring (bicyclic) bond motifs is 1. The van der Waals surface area contributed by atoms with Crippen LogP contribution in [-0.4, -0.2) is 16.1 Å². The lowest BCUT2D eigenvalue weighted by Crippen LogP contribution is -1.98. The standard InChI is InChI=1S/C8H6N2O2S/c9-4-1-5(8(11)12)7-6(2-4)10-3-13-7/h1-3H,9H2,(H,11,12). The molecule has 0 saturated heterocycles. The number of aromatic carboxylic acids is 1. The van der Waals surface area contributed by atoms with E-state index in [1.807, 2.05) is 0 Å². The van der Waals surface area contributed by atoms with E-state index >= 15 is 0 Å². The number of thiazole rings is 1. The lowest BCUT2D eigenvalue weighted by atomic mass is 10.2.